The fourth-order valence-electron chi connectivity index (χ4n) is 2.67. The van der Waals surface area contributed by atoms with Crippen molar-refractivity contribution in [3.05, 3.63) is 16.3 Å². The number of aryl methyl sites for hydroxylation is 2. The molecular weight excluding hydrogens is 284 g/mol. The van der Waals surface area contributed by atoms with E-state index in [0.29, 0.717) is 12.4 Å². The van der Waals surface area contributed by atoms with Crippen LogP contribution in [0.5, 0.6) is 0 Å². The third-order valence-electron chi connectivity index (χ3n) is 4.14. The zero-order chi connectivity index (χ0) is 15.6. The van der Waals surface area contributed by atoms with Crippen LogP contribution in [0.15, 0.2) is 0 Å². The van der Waals surface area contributed by atoms with Gasteiger partial charge in [0.25, 0.3) is 0 Å². The summed E-state index contributed by atoms with van der Waals surface area (Å²) in [7, 11) is 0. The number of hydrogen-bond donors (Lipinski definition) is 2. The van der Waals surface area contributed by atoms with E-state index < -0.39 is 5.60 Å². The van der Waals surface area contributed by atoms with E-state index in [1.54, 1.807) is 11.3 Å². The largest absolute Gasteiger partial charge is 0.367 e. The molecule has 0 amide bonds. The second kappa shape index (κ2) is 6.25. The van der Waals surface area contributed by atoms with E-state index in [-0.39, 0.29) is 0 Å². The molecule has 0 aliphatic rings. The van der Waals surface area contributed by atoms with Crippen LogP contribution in [0, 0.1) is 13.8 Å². The van der Waals surface area contributed by atoms with E-state index in [1.165, 1.54) is 10.4 Å². The zero-order valence-electron chi connectivity index (χ0n) is 13.4. The number of hydrazine groups is 1. The number of rotatable bonds is 6. The molecule has 6 heteroatoms. The lowest BCUT2D eigenvalue weighted by atomic mass is 9.95. The van der Waals surface area contributed by atoms with Gasteiger partial charge in [-0.15, -0.1) is 11.3 Å². The Morgan fingerprint density at radius 2 is 1.86 bits per heavy atom. The molecule has 0 bridgehead atoms. The number of anilines is 1. The van der Waals surface area contributed by atoms with Crippen LogP contribution in [0.25, 0.3) is 10.2 Å². The lowest BCUT2D eigenvalue weighted by Crippen LogP contribution is -2.31. The molecule has 116 valence electrons. The van der Waals surface area contributed by atoms with Gasteiger partial charge in [0, 0.05) is 11.5 Å². The van der Waals surface area contributed by atoms with Gasteiger partial charge in [-0.25, -0.2) is 15.8 Å². The van der Waals surface area contributed by atoms with Gasteiger partial charge in [0.2, 0.25) is 0 Å². The Morgan fingerprint density at radius 1 is 1.19 bits per heavy atom. The number of nitrogen functional groups attached to an aromatic ring is 1. The molecule has 0 radical (unpaired) electrons. The molecule has 0 spiro atoms. The van der Waals surface area contributed by atoms with E-state index in [1.807, 2.05) is 6.92 Å². The molecule has 0 aromatic carbocycles. The number of fused-ring (bicyclic) bond motifs is 1. The first-order valence-corrected chi connectivity index (χ1v) is 8.23. The van der Waals surface area contributed by atoms with Crippen LogP contribution in [-0.2, 0) is 10.3 Å². The van der Waals surface area contributed by atoms with E-state index in [9.17, 15) is 0 Å². The Morgan fingerprint density at radius 3 is 2.38 bits per heavy atom. The van der Waals surface area contributed by atoms with Crippen LogP contribution in [-0.4, -0.2) is 16.6 Å². The van der Waals surface area contributed by atoms with Crippen molar-refractivity contribution in [2.45, 2.75) is 53.1 Å². The minimum atomic E-state index is -0.444. The molecule has 0 aliphatic carbocycles. The maximum atomic E-state index is 6.01. The third-order valence-corrected chi connectivity index (χ3v) is 5.24. The summed E-state index contributed by atoms with van der Waals surface area (Å²) in [6.45, 7) is 11.0. The van der Waals surface area contributed by atoms with E-state index in [4.69, 9.17) is 15.6 Å². The number of thiophene rings is 1. The molecule has 2 heterocycles. The Labute approximate surface area is 129 Å². The van der Waals surface area contributed by atoms with Gasteiger partial charge in [-0.1, -0.05) is 13.8 Å². The molecule has 0 atom stereocenters. The van der Waals surface area contributed by atoms with Crippen molar-refractivity contribution in [2.75, 3.05) is 12.0 Å². The van der Waals surface area contributed by atoms with Crippen LogP contribution < -0.4 is 11.3 Å². The van der Waals surface area contributed by atoms with E-state index in [0.717, 1.165) is 28.9 Å². The highest BCUT2D eigenvalue weighted by Gasteiger charge is 2.33. The van der Waals surface area contributed by atoms with Crippen molar-refractivity contribution in [3.63, 3.8) is 0 Å². The van der Waals surface area contributed by atoms with Crippen molar-refractivity contribution < 1.29 is 4.74 Å². The fraction of sp³-hybridized carbons (Fsp3) is 0.600. The monoisotopic (exact) mass is 308 g/mol. The number of aromatic nitrogens is 2. The highest BCUT2D eigenvalue weighted by atomic mass is 32.1. The molecule has 3 N–H and O–H groups in total. The lowest BCUT2D eigenvalue weighted by Gasteiger charge is -2.30. The van der Waals surface area contributed by atoms with Crippen molar-refractivity contribution in [1.82, 2.24) is 9.97 Å². The summed E-state index contributed by atoms with van der Waals surface area (Å²) in [4.78, 5) is 11.7. The first-order valence-electron chi connectivity index (χ1n) is 7.41. The first-order chi connectivity index (χ1) is 10.0. The van der Waals surface area contributed by atoms with Crippen LogP contribution >= 0.6 is 11.3 Å². The lowest BCUT2D eigenvalue weighted by molar-refractivity contribution is -0.0568. The molecule has 0 saturated carbocycles. The van der Waals surface area contributed by atoms with Crippen molar-refractivity contribution in [2.24, 2.45) is 5.84 Å². The van der Waals surface area contributed by atoms with Gasteiger partial charge in [-0.2, -0.15) is 0 Å². The second-order valence-corrected chi connectivity index (χ2v) is 6.34. The average molecular weight is 308 g/mol. The Bertz CT molecular complexity index is 634. The van der Waals surface area contributed by atoms with Crippen molar-refractivity contribution >= 4 is 27.4 Å². The van der Waals surface area contributed by atoms with Gasteiger partial charge in [-0.3, -0.25) is 0 Å². The molecule has 5 nitrogen and oxygen atoms in total. The third kappa shape index (κ3) is 2.63. The highest BCUT2D eigenvalue weighted by molar-refractivity contribution is 7.18. The van der Waals surface area contributed by atoms with Crippen LogP contribution in [0.4, 0.5) is 5.82 Å². The number of nitrogens with two attached hydrogens (primary N) is 1. The quantitative estimate of drug-likeness (QED) is 0.629. The summed E-state index contributed by atoms with van der Waals surface area (Å²) in [5.41, 5.74) is 3.47. The second-order valence-electron chi connectivity index (χ2n) is 5.14. The van der Waals surface area contributed by atoms with Crippen molar-refractivity contribution in [3.8, 4) is 0 Å². The fourth-order valence-corrected chi connectivity index (χ4v) is 3.70. The first kappa shape index (κ1) is 16.1. The van der Waals surface area contributed by atoms with Gasteiger partial charge < -0.3 is 10.2 Å². The normalized spacial score (nSPS) is 12.1. The molecule has 0 unspecified atom stereocenters. The molecule has 2 aromatic rings. The smallest absolute Gasteiger partial charge is 0.164 e. The molecule has 0 saturated heterocycles. The number of nitrogens with zero attached hydrogens (tertiary/aromatic N) is 2. The maximum absolute atomic E-state index is 6.01. The summed E-state index contributed by atoms with van der Waals surface area (Å²) >= 11 is 1.68. The van der Waals surface area contributed by atoms with E-state index >= 15 is 0 Å². The number of ether oxygens (including phenoxy) is 1. The molecule has 0 fully saturated rings. The summed E-state index contributed by atoms with van der Waals surface area (Å²) in [5, 5.41) is 1.02. The topological polar surface area (TPSA) is 73.1 Å². The summed E-state index contributed by atoms with van der Waals surface area (Å²) in [6.07, 6.45) is 1.66. The predicted octanol–water partition coefficient (Wildman–Crippen LogP) is 3.65. The Balaban J connectivity index is 2.70. The van der Waals surface area contributed by atoms with Gasteiger partial charge in [0.15, 0.2) is 11.6 Å². The highest BCUT2D eigenvalue weighted by Crippen LogP contribution is 2.37. The zero-order valence-corrected chi connectivity index (χ0v) is 14.2. The minimum absolute atomic E-state index is 0.444. The average Bonchev–Trinajstić information content (AvgIpc) is 2.79. The predicted molar refractivity (Wildman–Crippen MR) is 88.6 cm³/mol. The summed E-state index contributed by atoms with van der Waals surface area (Å²) in [6, 6.07) is 0. The summed E-state index contributed by atoms with van der Waals surface area (Å²) in [5.74, 6) is 7.09. The molecule has 2 aromatic heterocycles. The minimum Gasteiger partial charge on any atom is -0.367 e. The molecule has 2 rings (SSSR count). The Hall–Kier alpha value is -1.24. The SMILES string of the molecule is CCOC(CC)(CC)c1nc(NN)c2c(C)c(C)sc2n1. The number of hydrogen-bond acceptors (Lipinski definition) is 6. The maximum Gasteiger partial charge on any atom is 0.164 e. The Kier molecular flexibility index (Phi) is 4.81. The van der Waals surface area contributed by atoms with Crippen LogP contribution in [0.2, 0.25) is 0 Å². The molecule has 21 heavy (non-hydrogen) atoms. The van der Waals surface area contributed by atoms with Crippen LogP contribution in [0.3, 0.4) is 0 Å². The van der Waals surface area contributed by atoms with Gasteiger partial charge in [0.1, 0.15) is 10.4 Å². The molecule has 0 aliphatic heterocycles. The van der Waals surface area contributed by atoms with Gasteiger partial charge in [-0.05, 0) is 39.2 Å². The van der Waals surface area contributed by atoms with Gasteiger partial charge in [0.05, 0.1) is 5.39 Å². The number of nitrogens with one attached hydrogen (secondary N) is 1. The standard InChI is InChI=1S/C15H24N4OS/c1-6-15(7-2,20-8-3)14-17-12(19-16)11-9(4)10(5)21-13(11)18-14/h6-8,16H2,1-5H3,(H,17,18,19). The van der Waals surface area contributed by atoms with Gasteiger partial charge >= 0.3 is 0 Å². The summed E-state index contributed by atoms with van der Waals surface area (Å²) < 4.78 is 6.01. The molecular formula is C15H24N4OS. The van der Waals surface area contributed by atoms with Crippen LogP contribution in [0.1, 0.15) is 49.9 Å². The van der Waals surface area contributed by atoms with E-state index in [2.05, 4.69) is 38.1 Å². The van der Waals surface area contributed by atoms with Crippen molar-refractivity contribution in [1.29, 1.82) is 0 Å².